The highest BCUT2D eigenvalue weighted by molar-refractivity contribution is 5.85. The van der Waals surface area contributed by atoms with Gasteiger partial charge in [0.1, 0.15) is 6.04 Å². The molecule has 1 atom stereocenters. The van der Waals surface area contributed by atoms with Gasteiger partial charge in [0.05, 0.1) is 6.61 Å². The van der Waals surface area contributed by atoms with Crippen molar-refractivity contribution in [1.29, 1.82) is 0 Å². The number of ether oxygens (including phenoxy) is 1. The van der Waals surface area contributed by atoms with Gasteiger partial charge in [-0.25, -0.2) is 0 Å². The molecule has 0 heterocycles. The zero-order chi connectivity index (χ0) is 12.0. The number of carbonyl (C=O) groups excluding carboxylic acids is 1. The largest absolute Gasteiger partial charge is 0.383 e. The van der Waals surface area contributed by atoms with E-state index in [0.717, 1.165) is 5.56 Å². The summed E-state index contributed by atoms with van der Waals surface area (Å²) in [5, 5.41) is 0. The molecule has 0 radical (unpaired) electrons. The molecule has 0 aliphatic carbocycles. The van der Waals surface area contributed by atoms with Crippen LogP contribution >= 0.6 is 12.4 Å². The van der Waals surface area contributed by atoms with Crippen molar-refractivity contribution < 1.29 is 9.53 Å². The van der Waals surface area contributed by atoms with Gasteiger partial charge in [-0.1, -0.05) is 30.3 Å². The second-order valence-electron chi connectivity index (χ2n) is 3.64. The second kappa shape index (κ2) is 8.06. The van der Waals surface area contributed by atoms with Crippen molar-refractivity contribution in [3.05, 3.63) is 35.9 Å². The summed E-state index contributed by atoms with van der Waals surface area (Å²) in [4.78, 5) is 13.5. The molecule has 1 aromatic rings. The van der Waals surface area contributed by atoms with E-state index >= 15 is 0 Å². The molecule has 17 heavy (non-hydrogen) atoms. The first-order valence-corrected chi connectivity index (χ1v) is 5.21. The molecule has 4 nitrogen and oxygen atoms in total. The van der Waals surface area contributed by atoms with Crippen molar-refractivity contribution in [2.45, 2.75) is 6.04 Å². The van der Waals surface area contributed by atoms with Gasteiger partial charge in [0.15, 0.2) is 0 Å². The smallest absolute Gasteiger partial charge is 0.243 e. The first-order chi connectivity index (χ1) is 7.66. The van der Waals surface area contributed by atoms with E-state index in [1.54, 1.807) is 19.1 Å². The summed E-state index contributed by atoms with van der Waals surface area (Å²) in [6.07, 6.45) is 0. The summed E-state index contributed by atoms with van der Waals surface area (Å²) in [6.45, 7) is 1.07. The number of nitrogens with two attached hydrogens (primary N) is 1. The molecule has 1 unspecified atom stereocenters. The Morgan fingerprint density at radius 3 is 2.53 bits per heavy atom. The Morgan fingerprint density at radius 1 is 1.41 bits per heavy atom. The standard InChI is InChI=1S/C12H18N2O2.ClH/c1-14(8-9-16-2)12(15)11(13)10-6-4-3-5-7-10;/h3-7,11H,8-9,13H2,1-2H3;1H. The summed E-state index contributed by atoms with van der Waals surface area (Å²) in [5.41, 5.74) is 6.71. The Bertz CT molecular complexity index is 333. The third-order valence-electron chi connectivity index (χ3n) is 2.43. The van der Waals surface area contributed by atoms with E-state index in [2.05, 4.69) is 0 Å². The van der Waals surface area contributed by atoms with Crippen LogP contribution in [0.4, 0.5) is 0 Å². The first kappa shape index (κ1) is 15.9. The van der Waals surface area contributed by atoms with Gasteiger partial charge >= 0.3 is 0 Å². The number of hydrogen-bond acceptors (Lipinski definition) is 3. The molecular formula is C12H19ClN2O2. The average Bonchev–Trinajstić information content (AvgIpc) is 2.35. The average molecular weight is 259 g/mol. The SMILES string of the molecule is COCCN(C)C(=O)C(N)c1ccccc1.Cl. The van der Waals surface area contributed by atoms with Gasteiger partial charge in [0.2, 0.25) is 5.91 Å². The molecule has 0 aromatic heterocycles. The lowest BCUT2D eigenvalue weighted by molar-refractivity contribution is -0.132. The van der Waals surface area contributed by atoms with Gasteiger partial charge < -0.3 is 15.4 Å². The van der Waals surface area contributed by atoms with Crippen LogP contribution in [0.1, 0.15) is 11.6 Å². The summed E-state index contributed by atoms with van der Waals surface area (Å²) >= 11 is 0. The van der Waals surface area contributed by atoms with E-state index in [1.165, 1.54) is 0 Å². The van der Waals surface area contributed by atoms with Crippen molar-refractivity contribution in [2.24, 2.45) is 5.73 Å². The third-order valence-corrected chi connectivity index (χ3v) is 2.43. The topological polar surface area (TPSA) is 55.6 Å². The maximum absolute atomic E-state index is 11.9. The molecule has 0 aliphatic rings. The monoisotopic (exact) mass is 258 g/mol. The van der Waals surface area contributed by atoms with Crippen LogP contribution in [-0.2, 0) is 9.53 Å². The van der Waals surface area contributed by atoms with Crippen LogP contribution in [0.25, 0.3) is 0 Å². The van der Waals surface area contributed by atoms with E-state index in [-0.39, 0.29) is 18.3 Å². The molecule has 1 aromatic carbocycles. The number of halogens is 1. The molecule has 1 amide bonds. The van der Waals surface area contributed by atoms with Crippen LogP contribution in [0, 0.1) is 0 Å². The number of methoxy groups -OCH3 is 1. The molecule has 5 heteroatoms. The minimum Gasteiger partial charge on any atom is -0.383 e. The number of likely N-dealkylation sites (N-methyl/N-ethyl adjacent to an activating group) is 1. The molecular weight excluding hydrogens is 240 g/mol. The fraction of sp³-hybridized carbons (Fsp3) is 0.417. The number of rotatable bonds is 5. The second-order valence-corrected chi connectivity index (χ2v) is 3.64. The predicted molar refractivity (Wildman–Crippen MR) is 70.1 cm³/mol. The van der Waals surface area contributed by atoms with Crippen molar-refractivity contribution in [2.75, 3.05) is 27.3 Å². The minimum atomic E-state index is -0.594. The lowest BCUT2D eigenvalue weighted by Crippen LogP contribution is -2.37. The van der Waals surface area contributed by atoms with E-state index in [1.807, 2.05) is 30.3 Å². The lowest BCUT2D eigenvalue weighted by Gasteiger charge is -2.21. The van der Waals surface area contributed by atoms with Crippen molar-refractivity contribution >= 4 is 18.3 Å². The summed E-state index contributed by atoms with van der Waals surface area (Å²) in [6, 6.07) is 8.76. The Labute approximate surface area is 108 Å². The fourth-order valence-electron chi connectivity index (χ4n) is 1.38. The van der Waals surface area contributed by atoms with Gasteiger partial charge in [-0.2, -0.15) is 0 Å². The van der Waals surface area contributed by atoms with Crippen LogP contribution in [0.2, 0.25) is 0 Å². The number of nitrogens with zero attached hydrogens (tertiary/aromatic N) is 1. The Morgan fingerprint density at radius 2 is 2.00 bits per heavy atom. The van der Waals surface area contributed by atoms with Gasteiger partial charge in [-0.3, -0.25) is 4.79 Å². The summed E-state index contributed by atoms with van der Waals surface area (Å²) < 4.78 is 4.91. The highest BCUT2D eigenvalue weighted by Gasteiger charge is 2.18. The molecule has 2 N–H and O–H groups in total. The third kappa shape index (κ3) is 4.73. The molecule has 0 spiro atoms. The zero-order valence-electron chi connectivity index (χ0n) is 10.1. The quantitative estimate of drug-likeness (QED) is 0.864. The number of carbonyl (C=O) groups is 1. The lowest BCUT2D eigenvalue weighted by atomic mass is 10.1. The van der Waals surface area contributed by atoms with Crippen molar-refractivity contribution in [1.82, 2.24) is 4.90 Å². The number of amides is 1. The molecule has 0 saturated heterocycles. The van der Waals surface area contributed by atoms with E-state index in [4.69, 9.17) is 10.5 Å². The van der Waals surface area contributed by atoms with Crippen LogP contribution in [0.15, 0.2) is 30.3 Å². The van der Waals surface area contributed by atoms with Gasteiger partial charge in [-0.05, 0) is 5.56 Å². The Hall–Kier alpha value is -1.10. The maximum atomic E-state index is 11.9. The zero-order valence-corrected chi connectivity index (χ0v) is 10.9. The Kier molecular flexibility index (Phi) is 7.54. The number of hydrogen-bond donors (Lipinski definition) is 1. The first-order valence-electron chi connectivity index (χ1n) is 5.21. The van der Waals surface area contributed by atoms with Gasteiger partial charge in [0, 0.05) is 20.7 Å². The maximum Gasteiger partial charge on any atom is 0.243 e. The molecule has 0 bridgehead atoms. The Balaban J connectivity index is 0.00000256. The van der Waals surface area contributed by atoms with E-state index in [9.17, 15) is 4.79 Å². The van der Waals surface area contributed by atoms with Crippen molar-refractivity contribution in [3.8, 4) is 0 Å². The predicted octanol–water partition coefficient (Wildman–Crippen LogP) is 1.21. The molecule has 96 valence electrons. The van der Waals surface area contributed by atoms with Gasteiger partial charge in [-0.15, -0.1) is 12.4 Å². The van der Waals surface area contributed by atoms with E-state index in [0.29, 0.717) is 13.2 Å². The molecule has 0 aliphatic heterocycles. The van der Waals surface area contributed by atoms with E-state index < -0.39 is 6.04 Å². The van der Waals surface area contributed by atoms with Crippen LogP contribution in [-0.4, -0.2) is 38.1 Å². The normalized spacial score (nSPS) is 11.5. The van der Waals surface area contributed by atoms with Gasteiger partial charge in [0.25, 0.3) is 0 Å². The fourth-order valence-corrected chi connectivity index (χ4v) is 1.38. The highest BCUT2D eigenvalue weighted by atomic mass is 35.5. The molecule has 0 fully saturated rings. The summed E-state index contributed by atoms with van der Waals surface area (Å²) in [7, 11) is 3.33. The summed E-state index contributed by atoms with van der Waals surface area (Å²) in [5.74, 6) is -0.0942. The van der Waals surface area contributed by atoms with Crippen LogP contribution < -0.4 is 5.73 Å². The molecule has 1 rings (SSSR count). The molecule has 0 saturated carbocycles. The van der Waals surface area contributed by atoms with Crippen LogP contribution in [0.5, 0.6) is 0 Å². The number of benzene rings is 1. The highest BCUT2D eigenvalue weighted by Crippen LogP contribution is 2.11. The minimum absolute atomic E-state index is 0. The van der Waals surface area contributed by atoms with Crippen molar-refractivity contribution in [3.63, 3.8) is 0 Å². The van der Waals surface area contributed by atoms with Crippen LogP contribution in [0.3, 0.4) is 0 Å².